The summed E-state index contributed by atoms with van der Waals surface area (Å²) in [7, 11) is 0. The Balaban J connectivity index is 2.28. The summed E-state index contributed by atoms with van der Waals surface area (Å²) in [6.45, 7) is 2.48. The van der Waals surface area contributed by atoms with Crippen LogP contribution in [0.2, 0.25) is 5.02 Å². The van der Waals surface area contributed by atoms with Gasteiger partial charge in [0, 0.05) is 15.1 Å². The lowest BCUT2D eigenvalue weighted by Gasteiger charge is -2.09. The largest absolute Gasteiger partial charge is 0.396 e. The van der Waals surface area contributed by atoms with Crippen molar-refractivity contribution in [2.24, 2.45) is 0 Å². The molecule has 0 bridgehead atoms. The Bertz CT molecular complexity index is 626. The van der Waals surface area contributed by atoms with E-state index in [-0.39, 0.29) is 5.91 Å². The van der Waals surface area contributed by atoms with Crippen LogP contribution in [-0.2, 0) is 6.54 Å². The van der Waals surface area contributed by atoms with Crippen molar-refractivity contribution in [1.82, 2.24) is 9.78 Å². The molecule has 2 aromatic rings. The average Bonchev–Trinajstić information content (AvgIpc) is 2.74. The van der Waals surface area contributed by atoms with Gasteiger partial charge in [-0.2, -0.15) is 5.10 Å². The van der Waals surface area contributed by atoms with Crippen molar-refractivity contribution < 1.29 is 4.79 Å². The molecule has 0 atom stereocenters. The number of aromatic nitrogens is 2. The van der Waals surface area contributed by atoms with E-state index in [1.807, 2.05) is 6.92 Å². The third-order valence-corrected chi connectivity index (χ3v) is 3.69. The highest BCUT2D eigenvalue weighted by atomic mass is 127. The van der Waals surface area contributed by atoms with Crippen LogP contribution in [0.4, 0.5) is 11.4 Å². The highest BCUT2D eigenvalue weighted by molar-refractivity contribution is 14.1. The van der Waals surface area contributed by atoms with Gasteiger partial charge in [-0.05, 0) is 47.7 Å². The molecule has 1 amide bonds. The van der Waals surface area contributed by atoms with Crippen molar-refractivity contribution in [3.8, 4) is 0 Å². The number of benzene rings is 1. The summed E-state index contributed by atoms with van der Waals surface area (Å²) < 4.78 is 2.42. The smallest absolute Gasteiger partial charge is 0.276 e. The molecule has 5 nitrogen and oxygen atoms in total. The van der Waals surface area contributed by atoms with Crippen LogP contribution in [0.1, 0.15) is 17.4 Å². The molecule has 3 N–H and O–H groups in total. The number of nitrogens with zero attached hydrogens (tertiary/aromatic N) is 2. The fourth-order valence-corrected chi connectivity index (χ4v) is 2.67. The molecule has 100 valence electrons. The van der Waals surface area contributed by atoms with E-state index < -0.39 is 0 Å². The van der Waals surface area contributed by atoms with Gasteiger partial charge < -0.3 is 11.1 Å². The van der Waals surface area contributed by atoms with E-state index in [0.29, 0.717) is 28.6 Å². The third-order valence-electron chi connectivity index (χ3n) is 2.56. The topological polar surface area (TPSA) is 72.9 Å². The number of anilines is 2. The number of carbonyl (C=O) groups excluding carboxylic acids is 1. The van der Waals surface area contributed by atoms with Crippen molar-refractivity contribution in [2.75, 3.05) is 11.1 Å². The van der Waals surface area contributed by atoms with Gasteiger partial charge in [0.25, 0.3) is 5.91 Å². The molecule has 2 rings (SSSR count). The predicted molar refractivity (Wildman–Crippen MR) is 84.4 cm³/mol. The van der Waals surface area contributed by atoms with Gasteiger partial charge in [0.1, 0.15) is 5.69 Å². The minimum absolute atomic E-state index is 0.280. The molecule has 1 heterocycles. The predicted octanol–water partition coefficient (Wildman–Crippen LogP) is 3.00. The van der Waals surface area contributed by atoms with Crippen LogP contribution in [0.5, 0.6) is 0 Å². The zero-order valence-corrected chi connectivity index (χ0v) is 13.1. The molecule has 0 saturated heterocycles. The standard InChI is InChI=1S/C12H12ClIN4O/c1-2-18-11(9(15)6-16-18)12(19)17-10-4-3-7(13)5-8(10)14/h3-6H,2,15H2,1H3,(H,17,19). The van der Waals surface area contributed by atoms with E-state index in [9.17, 15) is 4.79 Å². The number of amides is 1. The molecule has 0 saturated carbocycles. The monoisotopic (exact) mass is 390 g/mol. The van der Waals surface area contributed by atoms with Gasteiger partial charge in [-0.25, -0.2) is 0 Å². The first-order chi connectivity index (χ1) is 9.02. The number of rotatable bonds is 3. The molecule has 1 aromatic heterocycles. The Morgan fingerprint density at radius 1 is 1.58 bits per heavy atom. The first-order valence-electron chi connectivity index (χ1n) is 5.60. The summed E-state index contributed by atoms with van der Waals surface area (Å²) in [5.74, 6) is -0.280. The molecule has 7 heteroatoms. The number of halogens is 2. The van der Waals surface area contributed by atoms with E-state index in [2.05, 4.69) is 33.0 Å². The Morgan fingerprint density at radius 3 is 2.95 bits per heavy atom. The molecule has 19 heavy (non-hydrogen) atoms. The SMILES string of the molecule is CCn1ncc(N)c1C(=O)Nc1ccc(Cl)cc1I. The van der Waals surface area contributed by atoms with Crippen LogP contribution in [-0.4, -0.2) is 15.7 Å². The second-order valence-corrected chi connectivity index (χ2v) is 5.44. The van der Waals surface area contributed by atoms with Crippen molar-refractivity contribution in [2.45, 2.75) is 13.5 Å². The molecular weight excluding hydrogens is 379 g/mol. The van der Waals surface area contributed by atoms with Gasteiger partial charge in [-0.1, -0.05) is 11.6 Å². The van der Waals surface area contributed by atoms with Crippen molar-refractivity contribution in [3.05, 3.63) is 38.7 Å². The quantitative estimate of drug-likeness (QED) is 0.791. The van der Waals surface area contributed by atoms with E-state index in [0.717, 1.165) is 3.57 Å². The number of nitrogens with one attached hydrogen (secondary N) is 1. The number of hydrogen-bond donors (Lipinski definition) is 2. The summed E-state index contributed by atoms with van der Waals surface area (Å²) >= 11 is 7.99. The minimum Gasteiger partial charge on any atom is -0.396 e. The molecule has 0 fully saturated rings. The van der Waals surface area contributed by atoms with E-state index >= 15 is 0 Å². The van der Waals surface area contributed by atoms with Crippen LogP contribution in [0.15, 0.2) is 24.4 Å². The maximum atomic E-state index is 12.2. The van der Waals surface area contributed by atoms with Crippen LogP contribution in [0.3, 0.4) is 0 Å². The zero-order valence-electron chi connectivity index (χ0n) is 10.2. The van der Waals surface area contributed by atoms with E-state index in [4.69, 9.17) is 17.3 Å². The van der Waals surface area contributed by atoms with Crippen LogP contribution >= 0.6 is 34.2 Å². The third kappa shape index (κ3) is 3.01. The summed E-state index contributed by atoms with van der Waals surface area (Å²) in [5, 5.41) is 7.48. The van der Waals surface area contributed by atoms with E-state index in [1.165, 1.54) is 6.20 Å². The fourth-order valence-electron chi connectivity index (χ4n) is 1.66. The van der Waals surface area contributed by atoms with Crippen molar-refractivity contribution in [1.29, 1.82) is 0 Å². The minimum atomic E-state index is -0.280. The second-order valence-electron chi connectivity index (χ2n) is 3.84. The van der Waals surface area contributed by atoms with Crippen LogP contribution < -0.4 is 11.1 Å². The fraction of sp³-hybridized carbons (Fsp3) is 0.167. The Morgan fingerprint density at radius 2 is 2.32 bits per heavy atom. The molecular formula is C12H12ClIN4O. The second kappa shape index (κ2) is 5.79. The summed E-state index contributed by atoms with van der Waals surface area (Å²) in [6.07, 6.45) is 1.48. The highest BCUT2D eigenvalue weighted by Gasteiger charge is 2.17. The first kappa shape index (κ1) is 14.1. The highest BCUT2D eigenvalue weighted by Crippen LogP contribution is 2.23. The van der Waals surface area contributed by atoms with Crippen LogP contribution in [0.25, 0.3) is 0 Å². The van der Waals surface area contributed by atoms with Crippen molar-refractivity contribution in [3.63, 3.8) is 0 Å². The van der Waals surface area contributed by atoms with Gasteiger partial charge >= 0.3 is 0 Å². The number of aryl methyl sites for hydroxylation is 1. The Kier molecular flexibility index (Phi) is 4.31. The van der Waals surface area contributed by atoms with Gasteiger partial charge in [-0.3, -0.25) is 9.48 Å². The molecule has 0 aliphatic heterocycles. The lowest BCUT2D eigenvalue weighted by atomic mass is 10.3. The molecule has 0 unspecified atom stereocenters. The average molecular weight is 391 g/mol. The van der Waals surface area contributed by atoms with Gasteiger partial charge in [0.05, 0.1) is 17.6 Å². The summed E-state index contributed by atoms with van der Waals surface area (Å²) in [5.41, 5.74) is 7.19. The summed E-state index contributed by atoms with van der Waals surface area (Å²) in [4.78, 5) is 12.2. The summed E-state index contributed by atoms with van der Waals surface area (Å²) in [6, 6.07) is 5.25. The zero-order chi connectivity index (χ0) is 14.0. The number of nitrogens with two attached hydrogens (primary N) is 1. The molecule has 0 aliphatic rings. The van der Waals surface area contributed by atoms with Crippen LogP contribution in [0, 0.1) is 3.57 Å². The van der Waals surface area contributed by atoms with Gasteiger partial charge in [0.15, 0.2) is 0 Å². The maximum absolute atomic E-state index is 12.2. The molecule has 0 spiro atoms. The Hall–Kier alpha value is -1.28. The molecule has 0 radical (unpaired) electrons. The van der Waals surface area contributed by atoms with Gasteiger partial charge in [-0.15, -0.1) is 0 Å². The van der Waals surface area contributed by atoms with E-state index in [1.54, 1.807) is 22.9 Å². The first-order valence-corrected chi connectivity index (χ1v) is 7.06. The lowest BCUT2D eigenvalue weighted by molar-refractivity contribution is 0.101. The normalized spacial score (nSPS) is 10.5. The number of carbonyl (C=O) groups is 1. The molecule has 1 aromatic carbocycles. The van der Waals surface area contributed by atoms with Crippen molar-refractivity contribution >= 4 is 51.5 Å². The number of hydrogen-bond acceptors (Lipinski definition) is 3. The van der Waals surface area contributed by atoms with Gasteiger partial charge in [0.2, 0.25) is 0 Å². The lowest BCUT2D eigenvalue weighted by Crippen LogP contribution is -2.19. The number of nitrogen functional groups attached to an aromatic ring is 1. The molecule has 0 aliphatic carbocycles. The maximum Gasteiger partial charge on any atom is 0.276 e. The Labute approximate surface area is 129 Å².